The Kier molecular flexibility index (Phi) is 2.59. The number of H-pyrrole nitrogens is 1. The molecule has 1 unspecified atom stereocenters. The SMILES string of the molecule is Cc1c(-c2ccccc2)nc(C2CC2(C)C)[nH]c1=O. The number of aromatic amines is 1. The van der Waals surface area contributed by atoms with E-state index in [9.17, 15) is 4.79 Å². The summed E-state index contributed by atoms with van der Waals surface area (Å²) >= 11 is 0. The highest BCUT2D eigenvalue weighted by atomic mass is 16.1. The molecule has 0 aliphatic heterocycles. The van der Waals surface area contributed by atoms with Gasteiger partial charge in [0.25, 0.3) is 5.56 Å². The van der Waals surface area contributed by atoms with Crippen molar-refractivity contribution in [3.63, 3.8) is 0 Å². The number of hydrogen-bond acceptors (Lipinski definition) is 2. The van der Waals surface area contributed by atoms with Crippen LogP contribution in [0.25, 0.3) is 11.3 Å². The molecule has 0 radical (unpaired) electrons. The van der Waals surface area contributed by atoms with E-state index in [0.29, 0.717) is 11.5 Å². The fraction of sp³-hybridized carbons (Fsp3) is 0.375. The molecule has 19 heavy (non-hydrogen) atoms. The van der Waals surface area contributed by atoms with E-state index in [2.05, 4.69) is 18.8 Å². The van der Waals surface area contributed by atoms with Gasteiger partial charge >= 0.3 is 0 Å². The van der Waals surface area contributed by atoms with Crippen LogP contribution in [0.3, 0.4) is 0 Å². The standard InChI is InChI=1S/C16H18N2O/c1-10-13(11-7-5-4-6-8-11)17-14(18-15(10)19)12-9-16(12,2)3/h4-8,12H,9H2,1-3H3,(H,17,18,19). The summed E-state index contributed by atoms with van der Waals surface area (Å²) in [4.78, 5) is 19.7. The van der Waals surface area contributed by atoms with Crippen LogP contribution in [0.1, 0.15) is 37.6 Å². The second-order valence-corrected chi connectivity index (χ2v) is 6.04. The fourth-order valence-electron chi connectivity index (χ4n) is 2.53. The van der Waals surface area contributed by atoms with Crippen LogP contribution in [-0.2, 0) is 0 Å². The zero-order valence-corrected chi connectivity index (χ0v) is 11.5. The van der Waals surface area contributed by atoms with Crippen molar-refractivity contribution >= 4 is 0 Å². The van der Waals surface area contributed by atoms with Crippen LogP contribution in [0, 0.1) is 12.3 Å². The second-order valence-electron chi connectivity index (χ2n) is 6.04. The molecule has 0 spiro atoms. The van der Waals surface area contributed by atoms with E-state index in [1.807, 2.05) is 37.3 Å². The molecular formula is C16H18N2O. The first-order valence-electron chi connectivity index (χ1n) is 6.65. The molecule has 1 atom stereocenters. The van der Waals surface area contributed by atoms with Crippen LogP contribution in [0.4, 0.5) is 0 Å². The van der Waals surface area contributed by atoms with E-state index in [1.54, 1.807) is 0 Å². The van der Waals surface area contributed by atoms with E-state index in [4.69, 9.17) is 4.98 Å². The van der Waals surface area contributed by atoms with Crippen LogP contribution in [0.5, 0.6) is 0 Å². The summed E-state index contributed by atoms with van der Waals surface area (Å²) in [5, 5.41) is 0. The summed E-state index contributed by atoms with van der Waals surface area (Å²) in [5.41, 5.74) is 2.74. The van der Waals surface area contributed by atoms with E-state index >= 15 is 0 Å². The third-order valence-electron chi connectivity index (χ3n) is 4.06. The van der Waals surface area contributed by atoms with Gasteiger partial charge in [0.15, 0.2) is 0 Å². The zero-order chi connectivity index (χ0) is 13.6. The highest BCUT2D eigenvalue weighted by Gasteiger charge is 2.48. The first-order chi connectivity index (χ1) is 8.99. The summed E-state index contributed by atoms with van der Waals surface area (Å²) in [6, 6.07) is 9.90. The van der Waals surface area contributed by atoms with E-state index in [-0.39, 0.29) is 11.0 Å². The van der Waals surface area contributed by atoms with Crippen molar-refractivity contribution in [2.45, 2.75) is 33.1 Å². The fourth-order valence-corrected chi connectivity index (χ4v) is 2.53. The van der Waals surface area contributed by atoms with Crippen molar-refractivity contribution in [3.05, 3.63) is 52.1 Å². The Labute approximate surface area is 112 Å². The summed E-state index contributed by atoms with van der Waals surface area (Å²) in [6.45, 7) is 6.25. The molecule has 1 aromatic heterocycles. The largest absolute Gasteiger partial charge is 0.310 e. The minimum absolute atomic E-state index is 0.0217. The van der Waals surface area contributed by atoms with Crippen molar-refractivity contribution in [1.82, 2.24) is 9.97 Å². The van der Waals surface area contributed by atoms with Crippen LogP contribution in [0.2, 0.25) is 0 Å². The lowest BCUT2D eigenvalue weighted by atomic mass is 10.1. The van der Waals surface area contributed by atoms with Gasteiger partial charge in [0.2, 0.25) is 0 Å². The van der Waals surface area contributed by atoms with Crippen LogP contribution in [0.15, 0.2) is 35.1 Å². The lowest BCUT2D eigenvalue weighted by molar-refractivity contribution is 0.607. The van der Waals surface area contributed by atoms with Crippen molar-refractivity contribution in [2.75, 3.05) is 0 Å². The predicted octanol–water partition coefficient (Wildman–Crippen LogP) is 3.26. The summed E-state index contributed by atoms with van der Waals surface area (Å²) in [7, 11) is 0. The van der Waals surface area contributed by atoms with Crippen LogP contribution >= 0.6 is 0 Å². The number of aromatic nitrogens is 2. The lowest BCUT2D eigenvalue weighted by Crippen LogP contribution is -2.16. The molecule has 1 aromatic carbocycles. The Balaban J connectivity index is 2.13. The molecule has 2 aromatic rings. The van der Waals surface area contributed by atoms with Gasteiger partial charge in [-0.05, 0) is 18.8 Å². The Bertz CT molecular complexity index is 671. The maximum Gasteiger partial charge on any atom is 0.254 e. The van der Waals surface area contributed by atoms with Gasteiger partial charge in [-0.1, -0.05) is 44.2 Å². The molecule has 1 heterocycles. The Hall–Kier alpha value is -1.90. The summed E-state index contributed by atoms with van der Waals surface area (Å²) in [6.07, 6.45) is 1.09. The van der Waals surface area contributed by atoms with Gasteiger partial charge in [-0.15, -0.1) is 0 Å². The quantitative estimate of drug-likeness (QED) is 0.894. The third kappa shape index (κ3) is 2.09. The first kappa shape index (κ1) is 12.2. The zero-order valence-electron chi connectivity index (χ0n) is 11.5. The topological polar surface area (TPSA) is 45.8 Å². The molecule has 1 aliphatic rings. The molecule has 1 aliphatic carbocycles. The molecule has 1 N–H and O–H groups in total. The van der Waals surface area contributed by atoms with Gasteiger partial charge in [0.1, 0.15) is 5.82 Å². The minimum atomic E-state index is -0.0217. The van der Waals surface area contributed by atoms with Crippen molar-refractivity contribution < 1.29 is 0 Å². The van der Waals surface area contributed by atoms with Gasteiger partial charge in [-0.3, -0.25) is 4.79 Å². The Morgan fingerprint density at radius 1 is 1.26 bits per heavy atom. The summed E-state index contributed by atoms with van der Waals surface area (Å²) < 4.78 is 0. The molecule has 0 bridgehead atoms. The number of rotatable bonds is 2. The Morgan fingerprint density at radius 3 is 2.47 bits per heavy atom. The molecular weight excluding hydrogens is 236 g/mol. The number of nitrogens with one attached hydrogen (secondary N) is 1. The average Bonchev–Trinajstić information content (AvgIpc) is 3.03. The smallest absolute Gasteiger partial charge is 0.254 e. The number of hydrogen-bond donors (Lipinski definition) is 1. The molecule has 0 saturated heterocycles. The molecule has 0 amide bonds. The van der Waals surface area contributed by atoms with Gasteiger partial charge in [-0.25, -0.2) is 4.98 Å². The number of nitrogens with zero attached hydrogens (tertiary/aromatic N) is 1. The third-order valence-corrected chi connectivity index (χ3v) is 4.06. The van der Waals surface area contributed by atoms with Gasteiger partial charge in [0, 0.05) is 17.0 Å². The van der Waals surface area contributed by atoms with Crippen molar-refractivity contribution in [1.29, 1.82) is 0 Å². The minimum Gasteiger partial charge on any atom is -0.310 e. The highest BCUT2D eigenvalue weighted by molar-refractivity contribution is 5.62. The second kappa shape index (κ2) is 4.05. The molecule has 98 valence electrons. The maximum absolute atomic E-state index is 12.1. The van der Waals surface area contributed by atoms with Crippen molar-refractivity contribution in [3.8, 4) is 11.3 Å². The van der Waals surface area contributed by atoms with E-state index in [0.717, 1.165) is 23.5 Å². The van der Waals surface area contributed by atoms with Gasteiger partial charge < -0.3 is 4.98 Å². The van der Waals surface area contributed by atoms with Crippen LogP contribution in [-0.4, -0.2) is 9.97 Å². The van der Waals surface area contributed by atoms with Gasteiger partial charge in [-0.2, -0.15) is 0 Å². The monoisotopic (exact) mass is 254 g/mol. The average molecular weight is 254 g/mol. The molecule has 3 heteroatoms. The highest BCUT2D eigenvalue weighted by Crippen LogP contribution is 2.57. The molecule has 3 nitrogen and oxygen atoms in total. The van der Waals surface area contributed by atoms with Gasteiger partial charge in [0.05, 0.1) is 5.69 Å². The van der Waals surface area contributed by atoms with Crippen molar-refractivity contribution in [2.24, 2.45) is 5.41 Å². The number of benzene rings is 1. The van der Waals surface area contributed by atoms with E-state index < -0.39 is 0 Å². The molecule has 3 rings (SSSR count). The molecule has 1 saturated carbocycles. The lowest BCUT2D eigenvalue weighted by Gasteiger charge is -2.09. The van der Waals surface area contributed by atoms with Crippen LogP contribution < -0.4 is 5.56 Å². The predicted molar refractivity (Wildman–Crippen MR) is 76.2 cm³/mol. The van der Waals surface area contributed by atoms with E-state index in [1.165, 1.54) is 0 Å². The normalized spacial score (nSPS) is 20.3. The Morgan fingerprint density at radius 2 is 1.89 bits per heavy atom. The molecule has 1 fully saturated rings. The summed E-state index contributed by atoms with van der Waals surface area (Å²) in [5.74, 6) is 1.21. The first-order valence-corrected chi connectivity index (χ1v) is 6.65. The maximum atomic E-state index is 12.1.